The zero-order valence-corrected chi connectivity index (χ0v) is 24.6. The van der Waals surface area contributed by atoms with Gasteiger partial charge in [0.25, 0.3) is 0 Å². The first-order chi connectivity index (χ1) is 22.3. The highest BCUT2D eigenvalue weighted by atomic mass is 15.1. The Morgan fingerprint density at radius 2 is 0.933 bits per heavy atom. The second-order valence-electron chi connectivity index (χ2n) is 11.5. The molecule has 0 aliphatic heterocycles. The minimum atomic E-state index is 1.12. The Morgan fingerprint density at radius 1 is 0.356 bits per heavy atom. The Bertz CT molecular complexity index is 2420. The Kier molecular flexibility index (Phi) is 5.82. The summed E-state index contributed by atoms with van der Waals surface area (Å²) in [7, 11) is 0. The van der Waals surface area contributed by atoms with Gasteiger partial charge in [0.05, 0.1) is 16.6 Å². The lowest BCUT2D eigenvalue weighted by Crippen LogP contribution is -2.09. The highest BCUT2D eigenvalue weighted by molar-refractivity contribution is 6.15. The van der Waals surface area contributed by atoms with E-state index < -0.39 is 0 Å². The van der Waals surface area contributed by atoms with E-state index >= 15 is 0 Å². The van der Waals surface area contributed by atoms with E-state index in [1.165, 1.54) is 49.2 Å². The van der Waals surface area contributed by atoms with Gasteiger partial charge < -0.3 is 14.0 Å². The Morgan fingerprint density at radius 3 is 1.64 bits per heavy atom. The molecule has 0 radical (unpaired) electrons. The molecule has 0 bridgehead atoms. The number of nitrogens with zero attached hydrogens (tertiary/aromatic N) is 3. The molecule has 2 heterocycles. The summed E-state index contributed by atoms with van der Waals surface area (Å²) >= 11 is 0. The molecule has 0 N–H and O–H groups in total. The topological polar surface area (TPSA) is 13.1 Å². The molecule has 2 aromatic heterocycles. The average Bonchev–Trinajstić information content (AvgIpc) is 3.66. The normalized spacial score (nSPS) is 11.6. The highest BCUT2D eigenvalue weighted by Gasteiger charge is 2.16. The molecular formula is C42H29N3. The van der Waals surface area contributed by atoms with E-state index in [4.69, 9.17) is 0 Å². The van der Waals surface area contributed by atoms with Crippen molar-refractivity contribution in [2.75, 3.05) is 4.90 Å². The van der Waals surface area contributed by atoms with Crippen molar-refractivity contribution in [1.82, 2.24) is 9.13 Å². The number of hydrogen-bond donors (Lipinski definition) is 0. The molecule has 9 aromatic rings. The minimum Gasteiger partial charge on any atom is -0.317 e. The quantitative estimate of drug-likeness (QED) is 0.199. The predicted molar refractivity (Wildman–Crippen MR) is 190 cm³/mol. The number of para-hydroxylation sites is 4. The van der Waals surface area contributed by atoms with Crippen LogP contribution in [-0.2, 0) is 0 Å². The lowest BCUT2D eigenvalue weighted by molar-refractivity contribution is 1.13. The first-order valence-electron chi connectivity index (χ1n) is 15.4. The van der Waals surface area contributed by atoms with Crippen LogP contribution in [-0.4, -0.2) is 9.13 Å². The van der Waals surface area contributed by atoms with E-state index in [0.29, 0.717) is 0 Å². The summed E-state index contributed by atoms with van der Waals surface area (Å²) in [5.41, 5.74) is 9.31. The molecule has 3 heteroatoms. The lowest BCUT2D eigenvalue weighted by Gasteiger charge is -2.25. The summed E-state index contributed by atoms with van der Waals surface area (Å²) < 4.78 is 4.68. The number of benzene rings is 7. The molecule has 7 aromatic carbocycles. The maximum absolute atomic E-state index is 2.41. The molecule has 0 amide bonds. The zero-order valence-electron chi connectivity index (χ0n) is 24.6. The number of rotatable bonds is 5. The van der Waals surface area contributed by atoms with Crippen LogP contribution in [0.5, 0.6) is 0 Å². The third kappa shape index (κ3) is 4.21. The fraction of sp³-hybridized carbons (Fsp3) is 0. The van der Waals surface area contributed by atoms with Gasteiger partial charge in [-0.3, -0.25) is 0 Å². The van der Waals surface area contributed by atoms with E-state index in [2.05, 4.69) is 190 Å². The van der Waals surface area contributed by atoms with Crippen molar-refractivity contribution in [2.24, 2.45) is 0 Å². The van der Waals surface area contributed by atoms with E-state index in [1.54, 1.807) is 0 Å². The second-order valence-corrected chi connectivity index (χ2v) is 11.5. The number of anilines is 3. The Hall–Kier alpha value is -6.06. The van der Waals surface area contributed by atoms with Crippen LogP contribution < -0.4 is 4.90 Å². The third-order valence-electron chi connectivity index (χ3n) is 8.87. The van der Waals surface area contributed by atoms with Crippen molar-refractivity contribution in [3.8, 4) is 11.4 Å². The highest BCUT2D eigenvalue weighted by Crippen LogP contribution is 2.38. The molecule has 212 valence electrons. The molecule has 3 nitrogen and oxygen atoms in total. The standard InChI is InChI=1S/C42H29N3/c1-4-12-33(13-5-1)43-25-24-30-26-31-27-39-38-18-10-11-19-40(38)45(42(39)29-32(31)28-41(30)43)37-22-20-36(21-23-37)44(34-14-6-2-7-15-34)35-16-8-3-9-17-35/h1-29H. The largest absolute Gasteiger partial charge is 0.317 e. The summed E-state index contributed by atoms with van der Waals surface area (Å²) in [4.78, 5) is 2.30. The van der Waals surface area contributed by atoms with Crippen LogP contribution in [0.15, 0.2) is 176 Å². The zero-order chi connectivity index (χ0) is 29.7. The van der Waals surface area contributed by atoms with Crippen LogP contribution in [0.4, 0.5) is 17.1 Å². The molecule has 0 aliphatic rings. The van der Waals surface area contributed by atoms with Gasteiger partial charge in [0, 0.05) is 50.8 Å². The van der Waals surface area contributed by atoms with Crippen LogP contribution in [0.3, 0.4) is 0 Å². The van der Waals surface area contributed by atoms with E-state index in [0.717, 1.165) is 22.7 Å². The van der Waals surface area contributed by atoms with Crippen LogP contribution in [0, 0.1) is 0 Å². The molecular weight excluding hydrogens is 546 g/mol. The van der Waals surface area contributed by atoms with E-state index in [-0.39, 0.29) is 0 Å². The monoisotopic (exact) mass is 575 g/mol. The molecule has 0 saturated heterocycles. The smallest absolute Gasteiger partial charge is 0.0547 e. The van der Waals surface area contributed by atoms with Gasteiger partial charge in [0.2, 0.25) is 0 Å². The van der Waals surface area contributed by atoms with Gasteiger partial charge in [0.15, 0.2) is 0 Å². The van der Waals surface area contributed by atoms with Crippen LogP contribution in [0.25, 0.3) is 54.9 Å². The van der Waals surface area contributed by atoms with Crippen LogP contribution in [0.2, 0.25) is 0 Å². The van der Waals surface area contributed by atoms with Crippen LogP contribution in [0.1, 0.15) is 0 Å². The van der Waals surface area contributed by atoms with Gasteiger partial charge >= 0.3 is 0 Å². The Labute approximate surface area is 261 Å². The molecule has 0 atom stereocenters. The summed E-state index contributed by atoms with van der Waals surface area (Å²) in [6.07, 6.45) is 2.17. The predicted octanol–water partition coefficient (Wildman–Crippen LogP) is 11.4. The lowest BCUT2D eigenvalue weighted by atomic mass is 10.0. The van der Waals surface area contributed by atoms with Gasteiger partial charge in [0.1, 0.15) is 0 Å². The second kappa shape index (κ2) is 10.3. The van der Waals surface area contributed by atoms with Gasteiger partial charge in [-0.2, -0.15) is 0 Å². The molecule has 0 fully saturated rings. The molecule has 0 saturated carbocycles. The molecule has 0 aliphatic carbocycles. The maximum Gasteiger partial charge on any atom is 0.0547 e. The van der Waals surface area contributed by atoms with E-state index in [9.17, 15) is 0 Å². The van der Waals surface area contributed by atoms with Crippen molar-refractivity contribution in [3.05, 3.63) is 176 Å². The van der Waals surface area contributed by atoms with Crippen molar-refractivity contribution < 1.29 is 0 Å². The first-order valence-corrected chi connectivity index (χ1v) is 15.4. The molecule has 45 heavy (non-hydrogen) atoms. The minimum absolute atomic E-state index is 1.12. The Balaban J connectivity index is 1.22. The van der Waals surface area contributed by atoms with E-state index in [1.807, 2.05) is 0 Å². The van der Waals surface area contributed by atoms with Gasteiger partial charge in [-0.15, -0.1) is 0 Å². The fourth-order valence-corrected chi connectivity index (χ4v) is 6.79. The van der Waals surface area contributed by atoms with Crippen molar-refractivity contribution >= 4 is 60.5 Å². The van der Waals surface area contributed by atoms with Crippen molar-refractivity contribution in [2.45, 2.75) is 0 Å². The summed E-state index contributed by atoms with van der Waals surface area (Å²) in [5.74, 6) is 0. The molecule has 0 unspecified atom stereocenters. The first kappa shape index (κ1) is 25.4. The summed E-state index contributed by atoms with van der Waals surface area (Å²) in [6.45, 7) is 0. The van der Waals surface area contributed by atoms with Crippen LogP contribution >= 0.6 is 0 Å². The van der Waals surface area contributed by atoms with Gasteiger partial charge in [-0.25, -0.2) is 0 Å². The maximum atomic E-state index is 2.41. The number of aromatic nitrogens is 2. The fourth-order valence-electron chi connectivity index (χ4n) is 6.79. The average molecular weight is 576 g/mol. The van der Waals surface area contributed by atoms with Gasteiger partial charge in [-0.1, -0.05) is 72.8 Å². The third-order valence-corrected chi connectivity index (χ3v) is 8.87. The number of hydrogen-bond acceptors (Lipinski definition) is 1. The number of fused-ring (bicyclic) bond motifs is 5. The van der Waals surface area contributed by atoms with Crippen molar-refractivity contribution in [3.63, 3.8) is 0 Å². The van der Waals surface area contributed by atoms with Crippen molar-refractivity contribution in [1.29, 1.82) is 0 Å². The molecule has 0 spiro atoms. The summed E-state index contributed by atoms with van der Waals surface area (Å²) in [6, 6.07) is 61.0. The SMILES string of the molecule is c1ccc(N(c2ccccc2)c2ccc(-n3c4ccccc4c4cc5cc6ccn(-c7ccccc7)c6cc5cc43)cc2)cc1. The molecule has 9 rings (SSSR count). The summed E-state index contributed by atoms with van der Waals surface area (Å²) in [5, 5.41) is 6.24. The van der Waals surface area contributed by atoms with Gasteiger partial charge in [-0.05, 0) is 108 Å².